The standard InChI is InChI=1S/C26H32N2O5/c1-20-10-12-22(13-11-20)33-17-15-27(2)23(29)18-26(21-8-5-4-6-9-21)19-24(30)28(25(26)31)14-7-16-32-3/h4-6,8-13H,7,14-19H2,1-3H3. The Balaban J connectivity index is 1.70. The third-order valence-electron chi connectivity index (χ3n) is 6.06. The molecule has 0 saturated carbocycles. The number of benzene rings is 2. The van der Waals surface area contributed by atoms with Crippen LogP contribution in [0.25, 0.3) is 0 Å². The molecule has 7 nitrogen and oxygen atoms in total. The number of carbonyl (C=O) groups excluding carboxylic acids is 3. The molecule has 1 aliphatic heterocycles. The Labute approximate surface area is 195 Å². The van der Waals surface area contributed by atoms with Crippen molar-refractivity contribution < 1.29 is 23.9 Å². The van der Waals surface area contributed by atoms with Gasteiger partial charge in [-0.15, -0.1) is 0 Å². The summed E-state index contributed by atoms with van der Waals surface area (Å²) in [5.41, 5.74) is 0.650. The Hall–Kier alpha value is -3.19. The number of rotatable bonds is 11. The zero-order valence-corrected chi connectivity index (χ0v) is 19.6. The second kappa shape index (κ2) is 11.1. The van der Waals surface area contributed by atoms with E-state index in [2.05, 4.69) is 0 Å². The van der Waals surface area contributed by atoms with E-state index >= 15 is 0 Å². The van der Waals surface area contributed by atoms with Crippen LogP contribution in [0, 0.1) is 6.92 Å². The number of likely N-dealkylation sites (tertiary alicyclic amines) is 1. The number of ether oxygens (including phenoxy) is 2. The highest BCUT2D eigenvalue weighted by molar-refractivity contribution is 6.10. The Bertz CT molecular complexity index is 960. The minimum absolute atomic E-state index is 0.0116. The molecule has 0 bridgehead atoms. The molecule has 0 aliphatic carbocycles. The number of hydrogen-bond donors (Lipinski definition) is 0. The maximum absolute atomic E-state index is 13.5. The number of likely N-dealkylation sites (N-methyl/N-ethyl adjacent to an activating group) is 1. The Kier molecular flexibility index (Phi) is 8.22. The topological polar surface area (TPSA) is 76.2 Å². The van der Waals surface area contributed by atoms with E-state index in [0.717, 1.165) is 11.3 Å². The zero-order chi connectivity index (χ0) is 23.8. The van der Waals surface area contributed by atoms with Gasteiger partial charge in [-0.25, -0.2) is 0 Å². The van der Waals surface area contributed by atoms with Crippen molar-refractivity contribution in [2.24, 2.45) is 0 Å². The van der Waals surface area contributed by atoms with Crippen LogP contribution in [0.5, 0.6) is 5.75 Å². The summed E-state index contributed by atoms with van der Waals surface area (Å²) < 4.78 is 10.8. The fourth-order valence-corrected chi connectivity index (χ4v) is 4.07. The van der Waals surface area contributed by atoms with Crippen LogP contribution in [-0.2, 0) is 24.5 Å². The monoisotopic (exact) mass is 452 g/mol. The van der Waals surface area contributed by atoms with Crippen LogP contribution in [0.1, 0.15) is 30.4 Å². The minimum atomic E-state index is -1.19. The van der Waals surface area contributed by atoms with Crippen molar-refractivity contribution >= 4 is 17.7 Å². The molecule has 1 saturated heterocycles. The van der Waals surface area contributed by atoms with Gasteiger partial charge in [0, 0.05) is 40.2 Å². The van der Waals surface area contributed by atoms with Crippen LogP contribution in [0.2, 0.25) is 0 Å². The molecule has 1 heterocycles. The number of aryl methyl sites for hydroxylation is 1. The molecular formula is C26H32N2O5. The molecule has 1 fully saturated rings. The van der Waals surface area contributed by atoms with Crippen molar-refractivity contribution in [3.05, 3.63) is 65.7 Å². The van der Waals surface area contributed by atoms with Crippen molar-refractivity contribution in [3.63, 3.8) is 0 Å². The van der Waals surface area contributed by atoms with Gasteiger partial charge in [-0.1, -0.05) is 48.0 Å². The van der Waals surface area contributed by atoms with Crippen LogP contribution in [-0.4, -0.2) is 68.0 Å². The molecule has 3 amide bonds. The molecule has 2 aromatic rings. The first kappa shape index (κ1) is 24.5. The van der Waals surface area contributed by atoms with Crippen molar-refractivity contribution in [1.82, 2.24) is 9.80 Å². The predicted octanol–water partition coefficient (Wildman–Crippen LogP) is 2.96. The largest absolute Gasteiger partial charge is 0.492 e. The van der Waals surface area contributed by atoms with Gasteiger partial charge in [0.1, 0.15) is 12.4 Å². The van der Waals surface area contributed by atoms with Crippen molar-refractivity contribution in [1.29, 1.82) is 0 Å². The predicted molar refractivity (Wildman–Crippen MR) is 125 cm³/mol. The summed E-state index contributed by atoms with van der Waals surface area (Å²) in [6, 6.07) is 16.9. The van der Waals surface area contributed by atoms with Crippen LogP contribution in [0.4, 0.5) is 0 Å². The van der Waals surface area contributed by atoms with E-state index in [1.807, 2.05) is 61.5 Å². The average Bonchev–Trinajstić information content (AvgIpc) is 3.06. The van der Waals surface area contributed by atoms with Gasteiger partial charge in [0.2, 0.25) is 17.7 Å². The summed E-state index contributed by atoms with van der Waals surface area (Å²) >= 11 is 0. The highest BCUT2D eigenvalue weighted by Gasteiger charge is 2.53. The lowest BCUT2D eigenvalue weighted by molar-refractivity contribution is -0.142. The van der Waals surface area contributed by atoms with Gasteiger partial charge in [0.25, 0.3) is 0 Å². The summed E-state index contributed by atoms with van der Waals surface area (Å²) in [6.07, 6.45) is 0.481. The second-order valence-corrected chi connectivity index (χ2v) is 8.48. The number of methoxy groups -OCH3 is 1. The molecular weight excluding hydrogens is 420 g/mol. The van der Waals surface area contributed by atoms with Crippen LogP contribution in [0.15, 0.2) is 54.6 Å². The van der Waals surface area contributed by atoms with Crippen LogP contribution >= 0.6 is 0 Å². The SMILES string of the molecule is COCCCN1C(=O)CC(CC(=O)N(C)CCOc2ccc(C)cc2)(c2ccccc2)C1=O. The van der Waals surface area contributed by atoms with Crippen LogP contribution < -0.4 is 4.74 Å². The Morgan fingerprint density at radius 1 is 1.06 bits per heavy atom. The summed E-state index contributed by atoms with van der Waals surface area (Å²) in [4.78, 5) is 42.3. The highest BCUT2D eigenvalue weighted by atomic mass is 16.5. The lowest BCUT2D eigenvalue weighted by Gasteiger charge is -2.29. The zero-order valence-electron chi connectivity index (χ0n) is 19.6. The molecule has 176 valence electrons. The van der Waals surface area contributed by atoms with Gasteiger partial charge in [-0.2, -0.15) is 0 Å². The van der Waals surface area contributed by atoms with Gasteiger partial charge in [-0.05, 0) is 31.0 Å². The first-order chi connectivity index (χ1) is 15.9. The van der Waals surface area contributed by atoms with Crippen LogP contribution in [0.3, 0.4) is 0 Å². The van der Waals surface area contributed by atoms with E-state index in [1.165, 1.54) is 4.90 Å². The average molecular weight is 453 g/mol. The lowest BCUT2D eigenvalue weighted by Crippen LogP contribution is -2.43. The van der Waals surface area contributed by atoms with E-state index < -0.39 is 5.41 Å². The Morgan fingerprint density at radius 2 is 1.76 bits per heavy atom. The Morgan fingerprint density at radius 3 is 2.42 bits per heavy atom. The molecule has 2 aromatic carbocycles. The quantitative estimate of drug-likeness (QED) is 0.387. The van der Waals surface area contributed by atoms with E-state index in [0.29, 0.717) is 31.7 Å². The molecule has 3 rings (SSSR count). The number of hydrogen-bond acceptors (Lipinski definition) is 5. The molecule has 1 aliphatic rings. The second-order valence-electron chi connectivity index (χ2n) is 8.48. The number of nitrogens with zero attached hydrogens (tertiary/aromatic N) is 2. The minimum Gasteiger partial charge on any atom is -0.492 e. The summed E-state index contributed by atoms with van der Waals surface area (Å²) in [5, 5.41) is 0. The number of amides is 3. The summed E-state index contributed by atoms with van der Waals surface area (Å²) in [7, 11) is 3.27. The van der Waals surface area contributed by atoms with E-state index in [4.69, 9.17) is 9.47 Å². The number of imide groups is 1. The van der Waals surface area contributed by atoms with Crippen molar-refractivity contribution in [3.8, 4) is 5.75 Å². The molecule has 0 radical (unpaired) electrons. The van der Waals surface area contributed by atoms with Gasteiger partial charge in [0.15, 0.2) is 0 Å². The molecule has 1 atom stereocenters. The summed E-state index contributed by atoms with van der Waals surface area (Å²) in [6.45, 7) is 3.45. The van der Waals surface area contributed by atoms with Crippen molar-refractivity contribution in [2.45, 2.75) is 31.6 Å². The first-order valence-electron chi connectivity index (χ1n) is 11.2. The molecule has 0 aromatic heterocycles. The van der Waals surface area contributed by atoms with E-state index in [1.54, 1.807) is 19.1 Å². The van der Waals surface area contributed by atoms with Gasteiger partial charge in [0.05, 0.1) is 12.0 Å². The van der Waals surface area contributed by atoms with Gasteiger partial charge < -0.3 is 14.4 Å². The normalized spacial score (nSPS) is 18.0. The fraction of sp³-hybridized carbons (Fsp3) is 0.423. The highest BCUT2D eigenvalue weighted by Crippen LogP contribution is 2.40. The lowest BCUT2D eigenvalue weighted by atomic mass is 9.75. The van der Waals surface area contributed by atoms with Gasteiger partial charge in [-0.3, -0.25) is 19.3 Å². The van der Waals surface area contributed by atoms with Gasteiger partial charge >= 0.3 is 0 Å². The van der Waals surface area contributed by atoms with E-state index in [9.17, 15) is 14.4 Å². The first-order valence-corrected chi connectivity index (χ1v) is 11.2. The maximum Gasteiger partial charge on any atom is 0.240 e. The van der Waals surface area contributed by atoms with E-state index in [-0.39, 0.29) is 37.1 Å². The molecule has 33 heavy (non-hydrogen) atoms. The third-order valence-corrected chi connectivity index (χ3v) is 6.06. The third kappa shape index (κ3) is 5.79. The fourth-order valence-electron chi connectivity index (χ4n) is 4.07. The maximum atomic E-state index is 13.5. The molecule has 0 spiro atoms. The smallest absolute Gasteiger partial charge is 0.240 e. The summed E-state index contributed by atoms with van der Waals surface area (Å²) in [5.74, 6) is -0.0257. The molecule has 7 heteroatoms. The molecule has 1 unspecified atom stereocenters. The molecule has 0 N–H and O–H groups in total. The van der Waals surface area contributed by atoms with Crippen molar-refractivity contribution in [2.75, 3.05) is 40.5 Å². The number of carbonyl (C=O) groups is 3.